The SMILES string of the molecule is CCCCOc1ccc(C2/C(=C(\O)c3cccc(OCCCC)c3)C(=O)C(=O)N2CCN2CCOCC2)cc1. The smallest absolute Gasteiger partial charge is 0.295 e. The summed E-state index contributed by atoms with van der Waals surface area (Å²) in [6.45, 7) is 9.24. The topological polar surface area (TPSA) is 88.5 Å². The zero-order valence-corrected chi connectivity index (χ0v) is 23.1. The van der Waals surface area contributed by atoms with Crippen LogP contribution in [-0.2, 0) is 14.3 Å². The van der Waals surface area contributed by atoms with Gasteiger partial charge >= 0.3 is 0 Å². The second-order valence-electron chi connectivity index (χ2n) is 9.95. The van der Waals surface area contributed by atoms with E-state index in [1.807, 2.05) is 30.3 Å². The molecule has 39 heavy (non-hydrogen) atoms. The summed E-state index contributed by atoms with van der Waals surface area (Å²) in [5.41, 5.74) is 1.28. The van der Waals surface area contributed by atoms with E-state index in [2.05, 4.69) is 18.7 Å². The molecule has 2 heterocycles. The minimum Gasteiger partial charge on any atom is -0.507 e. The summed E-state index contributed by atoms with van der Waals surface area (Å²) in [4.78, 5) is 30.5. The van der Waals surface area contributed by atoms with Gasteiger partial charge in [-0.25, -0.2) is 0 Å². The molecule has 2 saturated heterocycles. The van der Waals surface area contributed by atoms with Gasteiger partial charge in [-0.3, -0.25) is 14.5 Å². The number of likely N-dealkylation sites (tertiary alicyclic amines) is 1. The Balaban J connectivity index is 1.66. The molecule has 0 radical (unpaired) electrons. The predicted molar refractivity (Wildman–Crippen MR) is 150 cm³/mol. The molecule has 0 aromatic heterocycles. The molecule has 2 aromatic rings. The third-order valence-electron chi connectivity index (χ3n) is 7.14. The van der Waals surface area contributed by atoms with Crippen molar-refractivity contribution >= 4 is 17.4 Å². The van der Waals surface area contributed by atoms with Crippen molar-refractivity contribution in [3.8, 4) is 11.5 Å². The molecule has 0 aliphatic carbocycles. The molecule has 1 N–H and O–H groups in total. The number of carbonyl (C=O) groups excluding carboxylic acids is 2. The summed E-state index contributed by atoms with van der Waals surface area (Å²) in [7, 11) is 0. The van der Waals surface area contributed by atoms with Gasteiger partial charge in [0.1, 0.15) is 17.3 Å². The molecule has 1 atom stereocenters. The van der Waals surface area contributed by atoms with Crippen molar-refractivity contribution in [1.82, 2.24) is 9.80 Å². The Labute approximate surface area is 231 Å². The monoisotopic (exact) mass is 536 g/mol. The Morgan fingerprint density at radius 3 is 2.26 bits per heavy atom. The Morgan fingerprint density at radius 2 is 1.59 bits per heavy atom. The molecule has 2 fully saturated rings. The standard InChI is InChI=1S/C31H40N2O6/c1-3-5-18-38-25-12-10-23(11-13-25)28-27(29(34)24-8-7-9-26(22-24)39-19-6-4-2)30(35)31(36)33(28)15-14-32-16-20-37-21-17-32/h7-13,22,28,34H,3-6,14-21H2,1-2H3/b29-27+. The largest absolute Gasteiger partial charge is 0.507 e. The molecule has 0 saturated carbocycles. The van der Waals surface area contributed by atoms with Crippen molar-refractivity contribution in [1.29, 1.82) is 0 Å². The first kappa shape index (κ1) is 28.6. The van der Waals surface area contributed by atoms with Crippen molar-refractivity contribution in [2.24, 2.45) is 0 Å². The van der Waals surface area contributed by atoms with Gasteiger partial charge in [-0.05, 0) is 42.7 Å². The van der Waals surface area contributed by atoms with E-state index in [-0.39, 0.29) is 11.3 Å². The second kappa shape index (κ2) is 14.1. The molecular weight excluding hydrogens is 496 g/mol. The molecule has 2 aliphatic heterocycles. The first-order valence-electron chi connectivity index (χ1n) is 14.1. The highest BCUT2D eigenvalue weighted by molar-refractivity contribution is 6.46. The fourth-order valence-corrected chi connectivity index (χ4v) is 4.83. The molecule has 2 aromatic carbocycles. The predicted octanol–water partition coefficient (Wildman–Crippen LogP) is 4.80. The molecular formula is C31H40N2O6. The summed E-state index contributed by atoms with van der Waals surface area (Å²) < 4.78 is 17.1. The van der Waals surface area contributed by atoms with Crippen molar-refractivity contribution < 1.29 is 28.9 Å². The number of unbranched alkanes of at least 4 members (excludes halogenated alkanes) is 2. The Kier molecular flexibility index (Phi) is 10.4. The van der Waals surface area contributed by atoms with Crippen LogP contribution in [0.3, 0.4) is 0 Å². The van der Waals surface area contributed by atoms with Gasteiger partial charge in [-0.1, -0.05) is 51.0 Å². The highest BCUT2D eigenvalue weighted by Gasteiger charge is 2.46. The number of rotatable bonds is 13. The van der Waals surface area contributed by atoms with Gasteiger partial charge in [-0.2, -0.15) is 0 Å². The van der Waals surface area contributed by atoms with Crippen LogP contribution in [0.25, 0.3) is 5.76 Å². The molecule has 8 heteroatoms. The quantitative estimate of drug-likeness (QED) is 0.170. The number of carbonyl (C=O) groups is 2. The van der Waals surface area contributed by atoms with Gasteiger partial charge in [0, 0.05) is 31.7 Å². The van der Waals surface area contributed by atoms with E-state index in [9.17, 15) is 14.7 Å². The van der Waals surface area contributed by atoms with Crippen LogP contribution in [0.4, 0.5) is 0 Å². The van der Waals surface area contributed by atoms with E-state index in [1.54, 1.807) is 23.1 Å². The van der Waals surface area contributed by atoms with Crippen LogP contribution in [0, 0.1) is 0 Å². The van der Waals surface area contributed by atoms with E-state index < -0.39 is 17.7 Å². The van der Waals surface area contributed by atoms with Gasteiger partial charge < -0.3 is 24.2 Å². The Bertz CT molecular complexity index is 1140. The van der Waals surface area contributed by atoms with Crippen LogP contribution in [0.15, 0.2) is 54.1 Å². The summed E-state index contributed by atoms with van der Waals surface area (Å²) in [6.07, 6.45) is 3.93. The number of ketones is 1. The molecule has 2 aliphatic rings. The molecule has 8 nitrogen and oxygen atoms in total. The van der Waals surface area contributed by atoms with E-state index in [1.165, 1.54) is 0 Å². The fourth-order valence-electron chi connectivity index (χ4n) is 4.83. The van der Waals surface area contributed by atoms with Crippen LogP contribution >= 0.6 is 0 Å². The van der Waals surface area contributed by atoms with Crippen molar-refractivity contribution in [3.05, 3.63) is 65.2 Å². The molecule has 4 rings (SSSR count). The number of benzene rings is 2. The van der Waals surface area contributed by atoms with Crippen molar-refractivity contribution in [3.63, 3.8) is 0 Å². The first-order valence-corrected chi connectivity index (χ1v) is 14.1. The van der Waals surface area contributed by atoms with Crippen LogP contribution in [-0.4, -0.2) is 79.2 Å². The van der Waals surface area contributed by atoms with Crippen molar-refractivity contribution in [2.75, 3.05) is 52.6 Å². The average molecular weight is 537 g/mol. The minimum absolute atomic E-state index is 0.0901. The maximum absolute atomic E-state index is 13.4. The van der Waals surface area contributed by atoms with Crippen LogP contribution < -0.4 is 9.47 Å². The maximum atomic E-state index is 13.4. The second-order valence-corrected chi connectivity index (χ2v) is 9.95. The summed E-state index contributed by atoms with van der Waals surface area (Å²) in [6, 6.07) is 13.8. The summed E-state index contributed by atoms with van der Waals surface area (Å²) in [5.74, 6) is -0.140. The molecule has 210 valence electrons. The van der Waals surface area contributed by atoms with Gasteiger partial charge in [0.15, 0.2) is 0 Å². The van der Waals surface area contributed by atoms with E-state index in [0.29, 0.717) is 50.8 Å². The number of hydrogen-bond donors (Lipinski definition) is 1. The van der Waals surface area contributed by atoms with Gasteiger partial charge in [0.2, 0.25) is 0 Å². The third kappa shape index (κ3) is 7.19. The normalized spacial score (nSPS) is 19.4. The number of aliphatic hydroxyl groups excluding tert-OH is 1. The van der Waals surface area contributed by atoms with E-state index in [4.69, 9.17) is 14.2 Å². The van der Waals surface area contributed by atoms with Crippen LogP contribution in [0.1, 0.15) is 56.7 Å². The average Bonchev–Trinajstić information content (AvgIpc) is 3.22. The number of amides is 1. The lowest BCUT2D eigenvalue weighted by Crippen LogP contribution is -2.42. The molecule has 1 unspecified atom stereocenters. The highest BCUT2D eigenvalue weighted by Crippen LogP contribution is 2.40. The number of hydrogen-bond acceptors (Lipinski definition) is 7. The molecule has 1 amide bonds. The van der Waals surface area contributed by atoms with Crippen LogP contribution in [0.5, 0.6) is 11.5 Å². The lowest BCUT2D eigenvalue weighted by Gasteiger charge is -2.31. The number of Topliss-reactive ketones (excluding diaryl/α,β-unsaturated/α-hetero) is 1. The highest BCUT2D eigenvalue weighted by atomic mass is 16.5. The summed E-state index contributed by atoms with van der Waals surface area (Å²) >= 11 is 0. The number of aliphatic hydroxyl groups is 1. The molecule has 0 spiro atoms. The zero-order chi connectivity index (χ0) is 27.6. The summed E-state index contributed by atoms with van der Waals surface area (Å²) in [5, 5.41) is 11.4. The lowest BCUT2D eigenvalue weighted by atomic mass is 9.95. The number of ether oxygens (including phenoxy) is 3. The van der Waals surface area contributed by atoms with Gasteiger partial charge in [0.25, 0.3) is 11.7 Å². The number of morpholine rings is 1. The minimum atomic E-state index is -0.708. The fraction of sp³-hybridized carbons (Fsp3) is 0.484. The Morgan fingerprint density at radius 1 is 0.923 bits per heavy atom. The molecule has 0 bridgehead atoms. The van der Waals surface area contributed by atoms with E-state index in [0.717, 1.165) is 50.1 Å². The zero-order valence-electron chi connectivity index (χ0n) is 23.1. The number of nitrogens with zero attached hydrogens (tertiary/aromatic N) is 2. The Hall–Kier alpha value is -3.36. The van der Waals surface area contributed by atoms with Crippen molar-refractivity contribution in [2.45, 2.75) is 45.6 Å². The van der Waals surface area contributed by atoms with Gasteiger partial charge in [0.05, 0.1) is 38.0 Å². The third-order valence-corrected chi connectivity index (χ3v) is 7.14. The van der Waals surface area contributed by atoms with Gasteiger partial charge in [-0.15, -0.1) is 0 Å². The van der Waals surface area contributed by atoms with Crippen LogP contribution in [0.2, 0.25) is 0 Å². The maximum Gasteiger partial charge on any atom is 0.295 e. The van der Waals surface area contributed by atoms with E-state index >= 15 is 0 Å². The first-order chi connectivity index (χ1) is 19.0. The lowest BCUT2D eigenvalue weighted by molar-refractivity contribution is -0.140.